The third kappa shape index (κ3) is 4.33. The minimum atomic E-state index is 0.0804. The van der Waals surface area contributed by atoms with Crippen molar-refractivity contribution in [3.05, 3.63) is 42.0 Å². The molecule has 0 spiro atoms. The summed E-state index contributed by atoms with van der Waals surface area (Å²) in [6.45, 7) is 5.21. The van der Waals surface area contributed by atoms with Crippen LogP contribution in [0.2, 0.25) is 0 Å². The van der Waals surface area contributed by atoms with Gasteiger partial charge in [-0.3, -0.25) is 4.79 Å². The Balaban J connectivity index is 1.30. The number of nitrogens with zero attached hydrogens (tertiary/aromatic N) is 3. The van der Waals surface area contributed by atoms with Crippen molar-refractivity contribution in [2.75, 3.05) is 31.1 Å². The fraction of sp³-hybridized carbons (Fsp3) is 0.500. The molecule has 0 saturated carbocycles. The van der Waals surface area contributed by atoms with Gasteiger partial charge in [-0.1, -0.05) is 24.3 Å². The zero-order valence-corrected chi connectivity index (χ0v) is 16.4. The molecule has 2 aliphatic heterocycles. The molecule has 2 fully saturated rings. The smallest absolute Gasteiger partial charge is 0.223 e. The number of amides is 1. The van der Waals surface area contributed by atoms with E-state index < -0.39 is 0 Å². The summed E-state index contributed by atoms with van der Waals surface area (Å²) in [5.41, 5.74) is 3.20. The minimum absolute atomic E-state index is 0.0804. The number of hydrogen-bond donors (Lipinski definition) is 1. The first kappa shape index (κ1) is 18.9. The van der Waals surface area contributed by atoms with Gasteiger partial charge in [0.25, 0.3) is 0 Å². The number of ether oxygens (including phenoxy) is 1. The molecule has 2 aliphatic rings. The molecule has 0 radical (unpaired) electrons. The van der Waals surface area contributed by atoms with E-state index in [1.807, 2.05) is 24.3 Å². The molecule has 0 bridgehead atoms. The Morgan fingerprint density at radius 1 is 1.14 bits per heavy atom. The monoisotopic (exact) mass is 380 g/mol. The molecule has 1 amide bonds. The SMILES string of the molecule is Cc1ccccc1-c1ccc(N2CCC(C(=O)NCC3CCCO3)CC2)nn1. The van der Waals surface area contributed by atoms with Crippen LogP contribution in [0.15, 0.2) is 36.4 Å². The molecule has 4 rings (SSSR count). The number of nitrogens with one attached hydrogen (secondary N) is 1. The Labute approximate surface area is 166 Å². The molecule has 6 heteroatoms. The third-order valence-electron chi connectivity index (χ3n) is 5.79. The molecule has 28 heavy (non-hydrogen) atoms. The van der Waals surface area contributed by atoms with Gasteiger partial charge in [-0.15, -0.1) is 10.2 Å². The lowest BCUT2D eigenvalue weighted by atomic mass is 9.96. The summed E-state index contributed by atoms with van der Waals surface area (Å²) >= 11 is 0. The van der Waals surface area contributed by atoms with E-state index in [0.29, 0.717) is 6.54 Å². The summed E-state index contributed by atoms with van der Waals surface area (Å²) in [5, 5.41) is 11.9. The first-order valence-corrected chi connectivity index (χ1v) is 10.2. The fourth-order valence-corrected chi connectivity index (χ4v) is 4.03. The summed E-state index contributed by atoms with van der Waals surface area (Å²) in [6, 6.07) is 12.3. The lowest BCUT2D eigenvalue weighted by Crippen LogP contribution is -2.42. The van der Waals surface area contributed by atoms with E-state index in [-0.39, 0.29) is 17.9 Å². The van der Waals surface area contributed by atoms with Crippen LogP contribution in [0, 0.1) is 12.8 Å². The van der Waals surface area contributed by atoms with Crippen LogP contribution in [0.3, 0.4) is 0 Å². The fourth-order valence-electron chi connectivity index (χ4n) is 4.03. The Morgan fingerprint density at radius 2 is 1.96 bits per heavy atom. The van der Waals surface area contributed by atoms with Gasteiger partial charge in [0.05, 0.1) is 11.8 Å². The molecular formula is C22H28N4O2. The van der Waals surface area contributed by atoms with Crippen molar-refractivity contribution in [3.8, 4) is 11.3 Å². The molecule has 6 nitrogen and oxygen atoms in total. The lowest BCUT2D eigenvalue weighted by molar-refractivity contribution is -0.126. The van der Waals surface area contributed by atoms with E-state index in [1.165, 1.54) is 5.56 Å². The van der Waals surface area contributed by atoms with Gasteiger partial charge < -0.3 is 15.0 Å². The lowest BCUT2D eigenvalue weighted by Gasteiger charge is -2.32. The van der Waals surface area contributed by atoms with Crippen molar-refractivity contribution in [1.29, 1.82) is 0 Å². The van der Waals surface area contributed by atoms with E-state index in [9.17, 15) is 4.79 Å². The standard InChI is InChI=1S/C22H28N4O2/c1-16-5-2-3-7-19(16)20-8-9-21(25-24-20)26-12-10-17(11-13-26)22(27)23-15-18-6-4-14-28-18/h2-3,5,7-9,17-18H,4,6,10-15H2,1H3,(H,23,27). The molecular weight excluding hydrogens is 352 g/mol. The quantitative estimate of drug-likeness (QED) is 0.864. The van der Waals surface area contributed by atoms with Crippen molar-refractivity contribution in [2.45, 2.75) is 38.7 Å². The zero-order chi connectivity index (χ0) is 19.3. The Kier molecular flexibility index (Phi) is 5.86. The van der Waals surface area contributed by atoms with Crippen LogP contribution >= 0.6 is 0 Å². The molecule has 0 aliphatic carbocycles. The van der Waals surface area contributed by atoms with Crippen LogP contribution in [0.25, 0.3) is 11.3 Å². The van der Waals surface area contributed by atoms with E-state index in [4.69, 9.17) is 4.74 Å². The number of aromatic nitrogens is 2. The highest BCUT2D eigenvalue weighted by Gasteiger charge is 2.26. The molecule has 3 heterocycles. The van der Waals surface area contributed by atoms with Crippen LogP contribution in [-0.2, 0) is 9.53 Å². The number of aryl methyl sites for hydroxylation is 1. The van der Waals surface area contributed by atoms with Crippen molar-refractivity contribution in [1.82, 2.24) is 15.5 Å². The molecule has 1 atom stereocenters. The highest BCUT2D eigenvalue weighted by molar-refractivity contribution is 5.79. The number of anilines is 1. The number of hydrogen-bond acceptors (Lipinski definition) is 5. The van der Waals surface area contributed by atoms with Crippen molar-refractivity contribution in [2.24, 2.45) is 5.92 Å². The summed E-state index contributed by atoms with van der Waals surface area (Å²) < 4.78 is 5.58. The number of piperidine rings is 1. The second kappa shape index (κ2) is 8.69. The van der Waals surface area contributed by atoms with Gasteiger partial charge in [-0.25, -0.2) is 0 Å². The highest BCUT2D eigenvalue weighted by atomic mass is 16.5. The topological polar surface area (TPSA) is 67.4 Å². The van der Waals surface area contributed by atoms with Gasteiger partial charge in [0.1, 0.15) is 0 Å². The Bertz CT molecular complexity index is 794. The Hall–Kier alpha value is -2.47. The molecule has 1 aromatic heterocycles. The average molecular weight is 380 g/mol. The molecule has 1 aromatic carbocycles. The van der Waals surface area contributed by atoms with Gasteiger partial charge in [0, 0.05) is 37.7 Å². The molecule has 148 valence electrons. The van der Waals surface area contributed by atoms with Gasteiger partial charge >= 0.3 is 0 Å². The van der Waals surface area contributed by atoms with Gasteiger partial charge in [-0.05, 0) is 50.3 Å². The average Bonchev–Trinajstić information content (AvgIpc) is 3.26. The second-order valence-electron chi connectivity index (χ2n) is 7.73. The van der Waals surface area contributed by atoms with Crippen molar-refractivity contribution < 1.29 is 9.53 Å². The van der Waals surface area contributed by atoms with Gasteiger partial charge in [-0.2, -0.15) is 0 Å². The third-order valence-corrected chi connectivity index (χ3v) is 5.79. The minimum Gasteiger partial charge on any atom is -0.376 e. The predicted molar refractivity (Wildman–Crippen MR) is 109 cm³/mol. The zero-order valence-electron chi connectivity index (χ0n) is 16.4. The molecule has 2 aromatic rings. The largest absolute Gasteiger partial charge is 0.376 e. The van der Waals surface area contributed by atoms with Crippen LogP contribution in [0.4, 0.5) is 5.82 Å². The molecule has 2 saturated heterocycles. The maximum Gasteiger partial charge on any atom is 0.223 e. The van der Waals surface area contributed by atoms with Crippen LogP contribution in [0.1, 0.15) is 31.2 Å². The van der Waals surface area contributed by atoms with Crippen LogP contribution in [0.5, 0.6) is 0 Å². The normalized spacial score (nSPS) is 20.3. The first-order chi connectivity index (χ1) is 13.7. The van der Waals surface area contributed by atoms with E-state index in [2.05, 4.69) is 39.5 Å². The van der Waals surface area contributed by atoms with Gasteiger partial charge in [0.2, 0.25) is 5.91 Å². The summed E-state index contributed by atoms with van der Waals surface area (Å²) in [7, 11) is 0. The van der Waals surface area contributed by atoms with Gasteiger partial charge in [0.15, 0.2) is 5.82 Å². The molecule has 1 N–H and O–H groups in total. The summed E-state index contributed by atoms with van der Waals surface area (Å²) in [4.78, 5) is 14.6. The highest BCUT2D eigenvalue weighted by Crippen LogP contribution is 2.25. The van der Waals surface area contributed by atoms with Crippen LogP contribution in [-0.4, -0.2) is 48.4 Å². The first-order valence-electron chi connectivity index (χ1n) is 10.2. The van der Waals surface area contributed by atoms with E-state index >= 15 is 0 Å². The summed E-state index contributed by atoms with van der Waals surface area (Å²) in [5.74, 6) is 1.13. The molecule has 1 unspecified atom stereocenters. The maximum absolute atomic E-state index is 12.4. The number of rotatable bonds is 5. The van der Waals surface area contributed by atoms with Crippen LogP contribution < -0.4 is 10.2 Å². The predicted octanol–water partition coefficient (Wildman–Crippen LogP) is 2.96. The van der Waals surface area contributed by atoms with Crippen molar-refractivity contribution in [3.63, 3.8) is 0 Å². The number of carbonyl (C=O) groups is 1. The number of carbonyl (C=O) groups excluding carboxylic acids is 1. The maximum atomic E-state index is 12.4. The van der Waals surface area contributed by atoms with E-state index in [1.54, 1.807) is 0 Å². The van der Waals surface area contributed by atoms with Crippen molar-refractivity contribution >= 4 is 11.7 Å². The van der Waals surface area contributed by atoms with E-state index in [0.717, 1.165) is 62.5 Å². The second-order valence-corrected chi connectivity index (χ2v) is 7.73. The number of benzene rings is 1. The summed E-state index contributed by atoms with van der Waals surface area (Å²) in [6.07, 6.45) is 4.04. The Morgan fingerprint density at radius 3 is 2.64 bits per heavy atom.